The van der Waals surface area contributed by atoms with E-state index in [1.807, 2.05) is 0 Å². The fraction of sp³-hybridized carbons (Fsp3) is 0.571. The van der Waals surface area contributed by atoms with Gasteiger partial charge in [-0.3, -0.25) is 4.90 Å². The Morgan fingerprint density at radius 3 is 2.31 bits per heavy atom. The minimum atomic E-state index is 0.0800. The van der Waals surface area contributed by atoms with Gasteiger partial charge in [0.05, 0.1) is 0 Å². The van der Waals surface area contributed by atoms with Crippen LogP contribution in [-0.2, 0) is 6.54 Å². The van der Waals surface area contributed by atoms with E-state index in [1.54, 1.807) is 0 Å². The Labute approximate surface area is 98.4 Å². The van der Waals surface area contributed by atoms with Crippen molar-refractivity contribution in [2.75, 3.05) is 13.1 Å². The lowest BCUT2D eigenvalue weighted by atomic mass is 9.87. The Hall–Kier alpha value is -0.860. The molecule has 2 nitrogen and oxygen atoms in total. The average Bonchev–Trinajstić information content (AvgIpc) is 2.20. The van der Waals surface area contributed by atoms with Crippen molar-refractivity contribution in [2.24, 2.45) is 5.73 Å². The molecule has 2 N–H and O–H groups in total. The van der Waals surface area contributed by atoms with Crippen LogP contribution in [0.1, 0.15) is 30.0 Å². The zero-order chi connectivity index (χ0) is 11.8. The summed E-state index contributed by atoms with van der Waals surface area (Å²) in [5.74, 6) is 0. The fourth-order valence-electron chi connectivity index (χ4n) is 2.50. The van der Waals surface area contributed by atoms with Gasteiger partial charge < -0.3 is 5.73 Å². The summed E-state index contributed by atoms with van der Waals surface area (Å²) in [4.78, 5) is 2.44. The molecule has 0 bridgehead atoms. The van der Waals surface area contributed by atoms with Gasteiger partial charge >= 0.3 is 0 Å². The molecule has 1 heterocycles. The zero-order valence-electron chi connectivity index (χ0n) is 10.6. The van der Waals surface area contributed by atoms with Gasteiger partial charge in [0.25, 0.3) is 0 Å². The van der Waals surface area contributed by atoms with Crippen LogP contribution in [0.2, 0.25) is 0 Å². The van der Waals surface area contributed by atoms with E-state index in [9.17, 15) is 0 Å². The van der Waals surface area contributed by atoms with Gasteiger partial charge in [-0.25, -0.2) is 0 Å². The third kappa shape index (κ3) is 2.13. The molecular weight excluding hydrogens is 196 g/mol. The molecular formula is C14H22N2. The minimum absolute atomic E-state index is 0.0800. The highest BCUT2D eigenvalue weighted by Crippen LogP contribution is 2.25. The maximum absolute atomic E-state index is 6.18. The van der Waals surface area contributed by atoms with Crippen molar-refractivity contribution in [3.63, 3.8) is 0 Å². The van der Waals surface area contributed by atoms with Crippen LogP contribution in [0.4, 0.5) is 0 Å². The van der Waals surface area contributed by atoms with Gasteiger partial charge in [-0.2, -0.15) is 0 Å². The molecule has 1 aromatic rings. The van der Waals surface area contributed by atoms with Gasteiger partial charge in [0.1, 0.15) is 0 Å². The first-order valence-corrected chi connectivity index (χ1v) is 6.10. The number of nitrogens with zero attached hydrogens (tertiary/aromatic N) is 1. The van der Waals surface area contributed by atoms with Gasteiger partial charge in [-0.15, -0.1) is 0 Å². The summed E-state index contributed by atoms with van der Waals surface area (Å²) in [6.45, 7) is 9.69. The first kappa shape index (κ1) is 11.6. The van der Waals surface area contributed by atoms with E-state index < -0.39 is 0 Å². The van der Waals surface area contributed by atoms with E-state index in [0.717, 1.165) is 26.1 Å². The van der Waals surface area contributed by atoms with Crippen LogP contribution in [0.15, 0.2) is 18.2 Å². The first-order chi connectivity index (χ1) is 7.54. The summed E-state index contributed by atoms with van der Waals surface area (Å²) < 4.78 is 0. The Balaban J connectivity index is 2.02. The summed E-state index contributed by atoms with van der Waals surface area (Å²) in [5, 5.41) is 0. The Morgan fingerprint density at radius 1 is 1.25 bits per heavy atom. The number of hydrogen-bond donors (Lipinski definition) is 1. The number of hydrogen-bond acceptors (Lipinski definition) is 2. The highest BCUT2D eigenvalue weighted by atomic mass is 15.2. The molecule has 1 aliphatic heterocycles. The molecule has 0 aromatic heterocycles. The molecule has 0 spiro atoms. The standard InChI is InChI=1S/C14H22N2/c1-4-14(15)9-16(10-14)8-13-11(2)6-5-7-12(13)3/h5-7H,4,8-10,15H2,1-3H3. The van der Waals surface area contributed by atoms with Crippen LogP contribution in [0, 0.1) is 13.8 Å². The van der Waals surface area contributed by atoms with Gasteiger partial charge in [-0.1, -0.05) is 25.1 Å². The number of rotatable bonds is 3. The summed E-state index contributed by atoms with van der Waals surface area (Å²) in [7, 11) is 0. The van der Waals surface area contributed by atoms with Crippen molar-refractivity contribution in [3.05, 3.63) is 34.9 Å². The maximum Gasteiger partial charge on any atom is 0.0410 e. The van der Waals surface area contributed by atoms with Crippen molar-refractivity contribution in [1.29, 1.82) is 0 Å². The van der Waals surface area contributed by atoms with Crippen LogP contribution < -0.4 is 5.73 Å². The maximum atomic E-state index is 6.18. The van der Waals surface area contributed by atoms with E-state index in [1.165, 1.54) is 16.7 Å². The van der Waals surface area contributed by atoms with Crippen molar-refractivity contribution in [2.45, 2.75) is 39.3 Å². The molecule has 1 saturated heterocycles. The number of aryl methyl sites for hydroxylation is 2. The molecule has 0 saturated carbocycles. The molecule has 0 unspecified atom stereocenters. The van der Waals surface area contributed by atoms with Gasteiger partial charge in [-0.05, 0) is 37.0 Å². The molecule has 0 atom stereocenters. The predicted molar refractivity (Wildman–Crippen MR) is 68.4 cm³/mol. The fourth-order valence-corrected chi connectivity index (χ4v) is 2.50. The Bertz CT molecular complexity index is 358. The van der Waals surface area contributed by atoms with Gasteiger partial charge in [0.15, 0.2) is 0 Å². The lowest BCUT2D eigenvalue weighted by molar-refractivity contribution is 0.0603. The van der Waals surface area contributed by atoms with Crippen LogP contribution in [-0.4, -0.2) is 23.5 Å². The third-order valence-corrected chi connectivity index (χ3v) is 3.81. The van der Waals surface area contributed by atoms with E-state index in [-0.39, 0.29) is 5.54 Å². The zero-order valence-corrected chi connectivity index (χ0v) is 10.6. The smallest absolute Gasteiger partial charge is 0.0410 e. The van der Waals surface area contributed by atoms with Crippen LogP contribution in [0.3, 0.4) is 0 Å². The lowest BCUT2D eigenvalue weighted by Gasteiger charge is -2.47. The normalized spacial score (nSPS) is 19.5. The van der Waals surface area contributed by atoms with Crippen molar-refractivity contribution < 1.29 is 0 Å². The second-order valence-electron chi connectivity index (χ2n) is 5.23. The molecule has 2 heteroatoms. The summed E-state index contributed by atoms with van der Waals surface area (Å²) in [5.41, 5.74) is 10.5. The molecule has 0 radical (unpaired) electrons. The number of nitrogens with two attached hydrogens (primary N) is 1. The molecule has 2 rings (SSSR count). The highest BCUT2D eigenvalue weighted by Gasteiger charge is 2.37. The van der Waals surface area contributed by atoms with E-state index >= 15 is 0 Å². The van der Waals surface area contributed by atoms with Gasteiger partial charge in [0.2, 0.25) is 0 Å². The third-order valence-electron chi connectivity index (χ3n) is 3.81. The molecule has 0 aliphatic carbocycles. The van der Waals surface area contributed by atoms with Crippen molar-refractivity contribution >= 4 is 0 Å². The Morgan fingerprint density at radius 2 is 1.81 bits per heavy atom. The lowest BCUT2D eigenvalue weighted by Crippen LogP contribution is -2.66. The first-order valence-electron chi connectivity index (χ1n) is 6.10. The number of likely N-dealkylation sites (tertiary alicyclic amines) is 1. The van der Waals surface area contributed by atoms with Gasteiger partial charge in [0, 0.05) is 25.2 Å². The second kappa shape index (κ2) is 4.19. The van der Waals surface area contributed by atoms with E-state index in [0.29, 0.717) is 0 Å². The largest absolute Gasteiger partial charge is 0.323 e. The van der Waals surface area contributed by atoms with Crippen LogP contribution >= 0.6 is 0 Å². The summed E-state index contributed by atoms with van der Waals surface area (Å²) in [6, 6.07) is 6.51. The molecule has 1 aliphatic rings. The minimum Gasteiger partial charge on any atom is -0.323 e. The molecule has 1 aromatic carbocycles. The van der Waals surface area contributed by atoms with Crippen molar-refractivity contribution in [3.8, 4) is 0 Å². The Kier molecular flexibility index (Phi) is 3.04. The SMILES string of the molecule is CCC1(N)CN(Cc2c(C)cccc2C)C1. The van der Waals surface area contributed by atoms with Crippen molar-refractivity contribution in [1.82, 2.24) is 4.90 Å². The highest BCUT2D eigenvalue weighted by molar-refractivity contribution is 5.33. The summed E-state index contributed by atoms with van der Waals surface area (Å²) in [6.07, 6.45) is 1.08. The molecule has 1 fully saturated rings. The molecule has 88 valence electrons. The quantitative estimate of drug-likeness (QED) is 0.843. The van der Waals surface area contributed by atoms with E-state index in [4.69, 9.17) is 5.73 Å². The van der Waals surface area contributed by atoms with E-state index in [2.05, 4.69) is 43.9 Å². The molecule has 0 amide bonds. The van der Waals surface area contributed by atoms with Crippen LogP contribution in [0.25, 0.3) is 0 Å². The summed E-state index contributed by atoms with van der Waals surface area (Å²) >= 11 is 0. The topological polar surface area (TPSA) is 29.3 Å². The average molecular weight is 218 g/mol. The molecule has 16 heavy (non-hydrogen) atoms. The number of benzene rings is 1. The monoisotopic (exact) mass is 218 g/mol. The van der Waals surface area contributed by atoms with Crippen LogP contribution in [0.5, 0.6) is 0 Å². The second-order valence-corrected chi connectivity index (χ2v) is 5.23. The predicted octanol–water partition coefficient (Wildman–Crippen LogP) is 2.23.